The Balaban J connectivity index is 3.57. The van der Waals surface area contributed by atoms with E-state index in [0.717, 1.165) is 16.0 Å². The van der Waals surface area contributed by atoms with E-state index in [9.17, 15) is 0 Å². The lowest BCUT2D eigenvalue weighted by molar-refractivity contribution is 1.40. The zero-order valence-corrected chi connectivity index (χ0v) is 8.78. The molecule has 1 aromatic carbocycles. The van der Waals surface area contributed by atoms with Gasteiger partial charge in [-0.15, -0.1) is 0 Å². The summed E-state index contributed by atoms with van der Waals surface area (Å²) in [6, 6.07) is 6.02. The van der Waals surface area contributed by atoms with E-state index in [2.05, 4.69) is 13.2 Å². The second-order valence-electron chi connectivity index (χ2n) is 3.25. The van der Waals surface area contributed by atoms with Gasteiger partial charge in [0.05, 0.1) is 5.03 Å². The fourth-order valence-electron chi connectivity index (χ4n) is 1.17. The summed E-state index contributed by atoms with van der Waals surface area (Å²) in [4.78, 5) is 0. The predicted molar refractivity (Wildman–Crippen MR) is 60.0 cm³/mol. The van der Waals surface area contributed by atoms with Crippen LogP contribution in [-0.4, -0.2) is 0 Å². The van der Waals surface area contributed by atoms with Crippen molar-refractivity contribution < 1.29 is 0 Å². The molecule has 0 spiro atoms. The molecule has 0 N–H and O–H groups in total. The van der Waals surface area contributed by atoms with E-state index in [1.807, 2.05) is 32.0 Å². The Morgan fingerprint density at radius 3 is 2.46 bits per heavy atom. The van der Waals surface area contributed by atoms with Gasteiger partial charge in [-0.1, -0.05) is 48.5 Å². The van der Waals surface area contributed by atoms with Gasteiger partial charge in [0.2, 0.25) is 0 Å². The molecule has 0 amide bonds. The predicted octanol–water partition coefficient (Wildman–Crippen LogP) is 2.33. The van der Waals surface area contributed by atoms with Crippen molar-refractivity contribution in [3.05, 3.63) is 46.4 Å². The van der Waals surface area contributed by atoms with Gasteiger partial charge in [-0.2, -0.15) is 0 Å². The highest BCUT2D eigenvalue weighted by Crippen LogP contribution is 2.09. The normalized spacial score (nSPS) is 12.5. The van der Waals surface area contributed by atoms with Crippen LogP contribution in [0.1, 0.15) is 12.5 Å². The lowest BCUT2D eigenvalue weighted by Gasteiger charge is -1.98. The molecule has 1 aromatic rings. The van der Waals surface area contributed by atoms with Gasteiger partial charge in [0, 0.05) is 0 Å². The Hall–Kier alpha value is -1.01. The second kappa shape index (κ2) is 3.80. The Labute approximate surface area is 83.9 Å². The van der Waals surface area contributed by atoms with Crippen LogP contribution in [0.25, 0.3) is 11.6 Å². The van der Waals surface area contributed by atoms with Gasteiger partial charge in [0.1, 0.15) is 0 Å². The molecule has 0 unspecified atom stereocenters. The number of allylic oxidation sites excluding steroid dienone is 1. The third kappa shape index (κ3) is 2.22. The summed E-state index contributed by atoms with van der Waals surface area (Å²) in [6.45, 7) is 11.7. The Kier molecular flexibility index (Phi) is 2.94. The van der Waals surface area contributed by atoms with Crippen LogP contribution in [0.15, 0.2) is 30.4 Å². The molecule has 0 aromatic heterocycles. The van der Waals surface area contributed by atoms with Crippen molar-refractivity contribution in [2.45, 2.75) is 13.8 Å². The molecular formula is C12H13Cl. The maximum atomic E-state index is 6.08. The fourth-order valence-corrected chi connectivity index (χ4v) is 1.35. The van der Waals surface area contributed by atoms with Crippen LogP contribution in [0.2, 0.25) is 0 Å². The van der Waals surface area contributed by atoms with E-state index >= 15 is 0 Å². The van der Waals surface area contributed by atoms with E-state index in [-0.39, 0.29) is 0 Å². The SMILES string of the molecule is C=C(C)/C(Cl)=c1/ccc(C)cc1=C. The maximum absolute atomic E-state index is 6.08. The molecule has 0 aliphatic rings. The lowest BCUT2D eigenvalue weighted by atomic mass is 10.1. The van der Waals surface area contributed by atoms with Gasteiger partial charge in [0.25, 0.3) is 0 Å². The summed E-state index contributed by atoms with van der Waals surface area (Å²) in [6.07, 6.45) is 0. The molecule has 0 atom stereocenters. The van der Waals surface area contributed by atoms with Crippen molar-refractivity contribution in [2.24, 2.45) is 0 Å². The average molecular weight is 193 g/mol. The van der Waals surface area contributed by atoms with Crippen molar-refractivity contribution in [2.75, 3.05) is 0 Å². The molecule has 13 heavy (non-hydrogen) atoms. The minimum absolute atomic E-state index is 0.699. The monoisotopic (exact) mass is 192 g/mol. The molecule has 0 nitrogen and oxygen atoms in total. The second-order valence-corrected chi connectivity index (χ2v) is 3.63. The molecule has 1 rings (SSSR count). The number of rotatable bonds is 1. The number of halogens is 1. The molecular weight excluding hydrogens is 180 g/mol. The zero-order chi connectivity index (χ0) is 10.0. The van der Waals surface area contributed by atoms with Crippen LogP contribution in [0.5, 0.6) is 0 Å². The summed E-state index contributed by atoms with van der Waals surface area (Å²) < 4.78 is 0. The topological polar surface area (TPSA) is 0 Å². The van der Waals surface area contributed by atoms with Crippen molar-refractivity contribution >= 4 is 23.2 Å². The van der Waals surface area contributed by atoms with Crippen molar-refractivity contribution in [1.82, 2.24) is 0 Å². The first-order valence-electron chi connectivity index (χ1n) is 4.13. The third-order valence-corrected chi connectivity index (χ3v) is 2.40. The Bertz CT molecular complexity index is 441. The molecule has 0 saturated carbocycles. The smallest absolute Gasteiger partial charge is 0.0507 e. The fraction of sp³-hybridized carbons (Fsp3) is 0.167. The molecule has 0 aliphatic carbocycles. The van der Waals surface area contributed by atoms with E-state index in [1.54, 1.807) is 0 Å². The first-order valence-corrected chi connectivity index (χ1v) is 4.51. The first kappa shape index (κ1) is 10.1. The van der Waals surface area contributed by atoms with Gasteiger partial charge in [0.15, 0.2) is 0 Å². The molecule has 0 radical (unpaired) electrons. The number of aryl methyl sites for hydroxylation is 1. The van der Waals surface area contributed by atoms with E-state index in [4.69, 9.17) is 11.6 Å². The zero-order valence-electron chi connectivity index (χ0n) is 8.02. The Morgan fingerprint density at radius 2 is 2.00 bits per heavy atom. The highest BCUT2D eigenvalue weighted by Gasteiger charge is 1.95. The summed E-state index contributed by atoms with van der Waals surface area (Å²) in [5.74, 6) is 0. The molecule has 68 valence electrons. The van der Waals surface area contributed by atoms with E-state index < -0.39 is 0 Å². The molecule has 0 aliphatic heterocycles. The van der Waals surface area contributed by atoms with Crippen LogP contribution in [0, 0.1) is 6.92 Å². The van der Waals surface area contributed by atoms with Crippen LogP contribution in [-0.2, 0) is 0 Å². The first-order chi connectivity index (χ1) is 6.02. The van der Waals surface area contributed by atoms with Gasteiger partial charge in [-0.05, 0) is 29.9 Å². The van der Waals surface area contributed by atoms with Gasteiger partial charge >= 0.3 is 0 Å². The van der Waals surface area contributed by atoms with E-state index in [0.29, 0.717) is 5.03 Å². The molecule has 1 heteroatoms. The highest BCUT2D eigenvalue weighted by molar-refractivity contribution is 6.48. The largest absolute Gasteiger partial charge is 0.0946 e. The van der Waals surface area contributed by atoms with E-state index in [1.165, 1.54) is 5.56 Å². The maximum Gasteiger partial charge on any atom is 0.0507 e. The molecule has 0 heterocycles. The van der Waals surface area contributed by atoms with Gasteiger partial charge in [-0.25, -0.2) is 0 Å². The molecule has 0 fully saturated rings. The van der Waals surface area contributed by atoms with Crippen LogP contribution in [0.3, 0.4) is 0 Å². The summed E-state index contributed by atoms with van der Waals surface area (Å²) >= 11 is 6.08. The number of hydrogen-bond donors (Lipinski definition) is 0. The van der Waals surface area contributed by atoms with Crippen molar-refractivity contribution in [3.63, 3.8) is 0 Å². The molecule has 0 saturated heterocycles. The number of hydrogen-bond acceptors (Lipinski definition) is 0. The minimum Gasteiger partial charge on any atom is -0.0946 e. The summed E-state index contributed by atoms with van der Waals surface area (Å²) in [5, 5.41) is 2.62. The van der Waals surface area contributed by atoms with Gasteiger partial charge in [-0.3, -0.25) is 0 Å². The van der Waals surface area contributed by atoms with Gasteiger partial charge < -0.3 is 0 Å². The highest BCUT2D eigenvalue weighted by atomic mass is 35.5. The Morgan fingerprint density at radius 1 is 1.38 bits per heavy atom. The van der Waals surface area contributed by atoms with Crippen molar-refractivity contribution in [3.8, 4) is 0 Å². The van der Waals surface area contributed by atoms with Crippen LogP contribution >= 0.6 is 11.6 Å². The lowest BCUT2D eigenvalue weighted by Crippen LogP contribution is -2.24. The number of benzene rings is 1. The molecule has 0 bridgehead atoms. The minimum atomic E-state index is 0.699. The van der Waals surface area contributed by atoms with Crippen molar-refractivity contribution in [1.29, 1.82) is 0 Å². The van der Waals surface area contributed by atoms with Crippen LogP contribution in [0.4, 0.5) is 0 Å². The average Bonchev–Trinajstić information content (AvgIpc) is 2.03. The standard InChI is InChI=1S/C12H13Cl/c1-8(2)12(13)11-6-5-9(3)7-10(11)4/h5-7H,1,4H2,2-3H3/b12-11+. The quantitative estimate of drug-likeness (QED) is 0.641. The third-order valence-electron chi connectivity index (χ3n) is 1.87. The van der Waals surface area contributed by atoms with Crippen LogP contribution < -0.4 is 10.4 Å². The summed E-state index contributed by atoms with van der Waals surface area (Å²) in [7, 11) is 0. The summed E-state index contributed by atoms with van der Waals surface area (Å²) in [5.41, 5.74) is 2.07.